The highest BCUT2D eigenvalue weighted by atomic mass is 16.5. The van der Waals surface area contributed by atoms with E-state index in [1.807, 2.05) is 54.6 Å². The van der Waals surface area contributed by atoms with Crippen LogP contribution in [-0.2, 0) is 6.54 Å². The number of benzene rings is 3. The predicted octanol–water partition coefficient (Wildman–Crippen LogP) is 3.04. The van der Waals surface area contributed by atoms with Crippen molar-refractivity contribution >= 4 is 11.7 Å². The van der Waals surface area contributed by atoms with Crippen LogP contribution in [0.1, 0.15) is 33.1 Å². The van der Waals surface area contributed by atoms with Crippen molar-refractivity contribution in [2.45, 2.75) is 12.6 Å². The molecule has 4 rings (SSSR count). The molecule has 0 aromatic heterocycles. The summed E-state index contributed by atoms with van der Waals surface area (Å²) in [6.45, 7) is 0.388. The van der Waals surface area contributed by atoms with E-state index in [2.05, 4.69) is 10.3 Å². The second-order valence-electron chi connectivity index (χ2n) is 7.14. The highest BCUT2D eigenvalue weighted by Gasteiger charge is 2.17. The van der Waals surface area contributed by atoms with Gasteiger partial charge < -0.3 is 20.9 Å². The molecule has 0 spiro atoms. The number of carbonyl (C=O) groups excluding carboxylic acids is 1. The van der Waals surface area contributed by atoms with E-state index in [4.69, 9.17) is 10.5 Å². The molecule has 0 bridgehead atoms. The van der Waals surface area contributed by atoms with Crippen LogP contribution in [0, 0.1) is 0 Å². The third kappa shape index (κ3) is 3.90. The maximum Gasteiger partial charge on any atom is 0.251 e. The van der Waals surface area contributed by atoms with Crippen LogP contribution >= 0.6 is 0 Å². The molecule has 3 aromatic carbocycles. The van der Waals surface area contributed by atoms with E-state index in [1.54, 1.807) is 19.2 Å². The van der Waals surface area contributed by atoms with Crippen LogP contribution in [0.4, 0.5) is 0 Å². The van der Waals surface area contributed by atoms with E-state index >= 15 is 0 Å². The number of hydrogen-bond donors (Lipinski definition) is 3. The number of amidine groups is 1. The molecule has 6 nitrogen and oxygen atoms in total. The van der Waals surface area contributed by atoms with Crippen LogP contribution in [0.5, 0.6) is 5.75 Å². The number of nitrogens with two attached hydrogens (primary N) is 1. The van der Waals surface area contributed by atoms with Gasteiger partial charge in [-0.1, -0.05) is 36.4 Å². The zero-order valence-corrected chi connectivity index (χ0v) is 16.6. The largest absolute Gasteiger partial charge is 0.497 e. The molecule has 1 unspecified atom stereocenters. The molecular formula is C24H23N3O3. The van der Waals surface area contributed by atoms with Gasteiger partial charge in [-0.25, -0.2) is 0 Å². The lowest BCUT2D eigenvalue weighted by Crippen LogP contribution is -2.30. The van der Waals surface area contributed by atoms with Gasteiger partial charge in [-0.2, -0.15) is 0 Å². The number of aliphatic hydroxyl groups is 1. The van der Waals surface area contributed by atoms with Gasteiger partial charge in [-0.05, 0) is 52.6 Å². The molecule has 0 radical (unpaired) electrons. The van der Waals surface area contributed by atoms with Crippen LogP contribution in [0.15, 0.2) is 71.7 Å². The molecule has 30 heavy (non-hydrogen) atoms. The van der Waals surface area contributed by atoms with Gasteiger partial charge in [-0.3, -0.25) is 9.79 Å². The molecule has 1 amide bonds. The second kappa shape index (κ2) is 8.39. The Balaban J connectivity index is 1.57. The lowest BCUT2D eigenvalue weighted by molar-refractivity contribution is 0.0916. The summed E-state index contributed by atoms with van der Waals surface area (Å²) >= 11 is 0. The quantitative estimate of drug-likeness (QED) is 0.591. The Morgan fingerprint density at radius 3 is 2.73 bits per heavy atom. The monoisotopic (exact) mass is 401 g/mol. The number of fused-ring (bicyclic) bond motifs is 1. The number of aliphatic imine (C=N–C) groups is 1. The van der Waals surface area contributed by atoms with Crippen LogP contribution in [0.3, 0.4) is 0 Å². The highest BCUT2D eigenvalue weighted by molar-refractivity contribution is 6.02. The first-order chi connectivity index (χ1) is 14.6. The average Bonchev–Trinajstić information content (AvgIpc) is 3.17. The summed E-state index contributed by atoms with van der Waals surface area (Å²) in [4.78, 5) is 17.1. The summed E-state index contributed by atoms with van der Waals surface area (Å²) < 4.78 is 5.23. The molecule has 0 aliphatic carbocycles. The van der Waals surface area contributed by atoms with Crippen molar-refractivity contribution in [1.82, 2.24) is 5.32 Å². The first-order valence-corrected chi connectivity index (χ1v) is 9.68. The summed E-state index contributed by atoms with van der Waals surface area (Å²) in [5.74, 6) is 0.951. The summed E-state index contributed by atoms with van der Waals surface area (Å²) in [5, 5.41) is 12.7. The first-order valence-electron chi connectivity index (χ1n) is 9.68. The van der Waals surface area contributed by atoms with Gasteiger partial charge in [0.2, 0.25) is 0 Å². The number of ether oxygens (including phenoxy) is 1. The van der Waals surface area contributed by atoms with E-state index in [0.29, 0.717) is 23.7 Å². The fourth-order valence-corrected chi connectivity index (χ4v) is 3.56. The fourth-order valence-electron chi connectivity index (χ4n) is 3.56. The van der Waals surface area contributed by atoms with Crippen molar-refractivity contribution in [3.63, 3.8) is 0 Å². The minimum atomic E-state index is -0.535. The van der Waals surface area contributed by atoms with Gasteiger partial charge in [0.1, 0.15) is 11.6 Å². The maximum atomic E-state index is 12.9. The van der Waals surface area contributed by atoms with E-state index in [0.717, 1.165) is 27.8 Å². The summed E-state index contributed by atoms with van der Waals surface area (Å²) in [6, 6.07) is 20.2. The van der Waals surface area contributed by atoms with Crippen molar-refractivity contribution < 1.29 is 14.6 Å². The Morgan fingerprint density at radius 1 is 1.13 bits per heavy atom. The summed E-state index contributed by atoms with van der Waals surface area (Å²) in [6.07, 6.45) is 0. The average molecular weight is 401 g/mol. The van der Waals surface area contributed by atoms with E-state index < -0.39 is 6.04 Å². The van der Waals surface area contributed by atoms with Crippen LogP contribution in [0.2, 0.25) is 0 Å². The Bertz CT molecular complexity index is 1120. The number of rotatable bonds is 6. The lowest BCUT2D eigenvalue weighted by atomic mass is 9.98. The molecule has 6 heteroatoms. The summed E-state index contributed by atoms with van der Waals surface area (Å²) in [7, 11) is 1.58. The van der Waals surface area contributed by atoms with Crippen molar-refractivity contribution in [2.75, 3.05) is 13.7 Å². The van der Waals surface area contributed by atoms with Crippen molar-refractivity contribution in [1.29, 1.82) is 0 Å². The molecule has 0 saturated heterocycles. The number of methoxy groups -OCH3 is 1. The molecule has 4 N–H and O–H groups in total. The molecule has 1 heterocycles. The normalized spacial score (nSPS) is 13.3. The van der Waals surface area contributed by atoms with E-state index in [9.17, 15) is 9.90 Å². The molecule has 1 atom stereocenters. The fraction of sp³-hybridized carbons (Fsp3) is 0.167. The number of amides is 1. The third-order valence-corrected chi connectivity index (χ3v) is 5.25. The molecule has 0 saturated carbocycles. The Kier molecular flexibility index (Phi) is 5.50. The van der Waals surface area contributed by atoms with Gasteiger partial charge in [0, 0.05) is 11.1 Å². The smallest absolute Gasteiger partial charge is 0.251 e. The Morgan fingerprint density at radius 2 is 1.93 bits per heavy atom. The van der Waals surface area contributed by atoms with Crippen LogP contribution in [0.25, 0.3) is 11.1 Å². The number of nitrogens with one attached hydrogen (secondary N) is 1. The van der Waals surface area contributed by atoms with Crippen molar-refractivity contribution in [2.24, 2.45) is 10.7 Å². The van der Waals surface area contributed by atoms with E-state index in [1.165, 1.54) is 0 Å². The molecule has 3 aromatic rings. The molecule has 152 valence electrons. The van der Waals surface area contributed by atoms with Crippen molar-refractivity contribution in [3.8, 4) is 16.9 Å². The van der Waals surface area contributed by atoms with Crippen molar-refractivity contribution in [3.05, 3.63) is 89.0 Å². The Hall–Kier alpha value is -3.64. The maximum absolute atomic E-state index is 12.9. The minimum Gasteiger partial charge on any atom is -0.497 e. The standard InChI is InChI=1S/C24H23N3O3/c1-30-20-7-3-5-17(11-20)22(14-28)27-24(29)18-6-2-4-15(10-18)16-8-9-19-13-26-23(25)21(19)12-16/h2-12,22,28H,13-14H2,1H3,(H2,25,26)(H,27,29). The lowest BCUT2D eigenvalue weighted by Gasteiger charge is -2.18. The van der Waals surface area contributed by atoms with Gasteiger partial charge in [-0.15, -0.1) is 0 Å². The van der Waals surface area contributed by atoms with Crippen LogP contribution < -0.4 is 15.8 Å². The van der Waals surface area contributed by atoms with Gasteiger partial charge in [0.25, 0.3) is 5.91 Å². The van der Waals surface area contributed by atoms with Gasteiger partial charge >= 0.3 is 0 Å². The number of hydrogen-bond acceptors (Lipinski definition) is 5. The first kappa shape index (κ1) is 19.7. The molecular weight excluding hydrogens is 378 g/mol. The van der Waals surface area contributed by atoms with E-state index in [-0.39, 0.29) is 12.5 Å². The number of nitrogens with zero attached hydrogens (tertiary/aromatic N) is 1. The number of aliphatic hydroxyl groups excluding tert-OH is 1. The number of carbonyl (C=O) groups is 1. The van der Waals surface area contributed by atoms with Gasteiger partial charge in [0.15, 0.2) is 0 Å². The molecule has 0 fully saturated rings. The van der Waals surface area contributed by atoms with Crippen LogP contribution in [-0.4, -0.2) is 30.6 Å². The third-order valence-electron chi connectivity index (χ3n) is 5.25. The SMILES string of the molecule is COc1cccc(C(CO)NC(=O)c2cccc(-c3ccc4c(c3)C(N)=NC4)c2)c1. The zero-order valence-electron chi connectivity index (χ0n) is 16.6. The van der Waals surface area contributed by atoms with Gasteiger partial charge in [0.05, 0.1) is 26.3 Å². The Labute approximate surface area is 175 Å². The summed E-state index contributed by atoms with van der Waals surface area (Å²) in [5.41, 5.74) is 11.2. The molecule has 1 aliphatic heterocycles. The molecule has 1 aliphatic rings. The zero-order chi connectivity index (χ0) is 21.1. The topological polar surface area (TPSA) is 96.9 Å². The highest BCUT2D eigenvalue weighted by Crippen LogP contribution is 2.27. The minimum absolute atomic E-state index is 0.220. The predicted molar refractivity (Wildman–Crippen MR) is 117 cm³/mol. The second-order valence-corrected chi connectivity index (χ2v) is 7.14.